The SMILES string of the molecule is CCCCC(C)(OC)C(=O)Nc1ccc(OCCCN2CCCC2)cc1. The van der Waals surface area contributed by atoms with E-state index in [1.165, 1.54) is 25.9 Å². The van der Waals surface area contributed by atoms with Crippen molar-refractivity contribution in [2.24, 2.45) is 0 Å². The Morgan fingerprint density at radius 2 is 1.88 bits per heavy atom. The summed E-state index contributed by atoms with van der Waals surface area (Å²) in [4.78, 5) is 15.0. The molecule has 5 nitrogen and oxygen atoms in total. The number of nitrogens with zero attached hydrogens (tertiary/aromatic N) is 1. The van der Waals surface area contributed by atoms with Gasteiger partial charge >= 0.3 is 0 Å². The molecule has 0 radical (unpaired) electrons. The molecule has 0 aromatic heterocycles. The summed E-state index contributed by atoms with van der Waals surface area (Å²) in [6.07, 6.45) is 6.41. The summed E-state index contributed by atoms with van der Waals surface area (Å²) in [5, 5.41) is 2.95. The predicted octanol–water partition coefficient (Wildman–Crippen LogP) is 4.09. The van der Waals surface area contributed by atoms with Crippen LogP contribution >= 0.6 is 0 Å². The lowest BCUT2D eigenvalue weighted by Crippen LogP contribution is -2.41. The summed E-state index contributed by atoms with van der Waals surface area (Å²) >= 11 is 0. The van der Waals surface area contributed by atoms with E-state index in [9.17, 15) is 4.79 Å². The second kappa shape index (κ2) is 10.5. The van der Waals surface area contributed by atoms with Gasteiger partial charge in [-0.2, -0.15) is 0 Å². The van der Waals surface area contributed by atoms with Crippen LogP contribution in [-0.4, -0.2) is 49.8 Å². The van der Waals surface area contributed by atoms with Crippen LogP contribution in [0.3, 0.4) is 0 Å². The van der Waals surface area contributed by atoms with E-state index in [2.05, 4.69) is 17.1 Å². The maximum absolute atomic E-state index is 12.5. The highest BCUT2D eigenvalue weighted by molar-refractivity contribution is 5.97. The van der Waals surface area contributed by atoms with Crippen molar-refractivity contribution in [3.05, 3.63) is 24.3 Å². The Kier molecular flexibility index (Phi) is 8.39. The third-order valence-corrected chi connectivity index (χ3v) is 5.14. The molecule has 0 saturated carbocycles. The molecule has 1 unspecified atom stereocenters. The zero-order chi connectivity index (χ0) is 18.8. The average Bonchev–Trinajstić information content (AvgIpc) is 3.18. The van der Waals surface area contributed by atoms with Gasteiger partial charge in [-0.1, -0.05) is 19.8 Å². The summed E-state index contributed by atoms with van der Waals surface area (Å²) in [6.45, 7) is 8.25. The molecule has 1 aromatic carbocycles. The Morgan fingerprint density at radius 3 is 2.50 bits per heavy atom. The fourth-order valence-corrected chi connectivity index (χ4v) is 3.20. The smallest absolute Gasteiger partial charge is 0.256 e. The summed E-state index contributed by atoms with van der Waals surface area (Å²) in [7, 11) is 1.59. The first-order chi connectivity index (χ1) is 12.6. The van der Waals surface area contributed by atoms with Crippen LogP contribution in [0.25, 0.3) is 0 Å². The van der Waals surface area contributed by atoms with Gasteiger partial charge in [-0.15, -0.1) is 0 Å². The number of ether oxygens (including phenoxy) is 2. The Bertz CT molecular complexity index is 541. The van der Waals surface area contributed by atoms with Crippen LogP contribution < -0.4 is 10.1 Å². The first-order valence-corrected chi connectivity index (χ1v) is 9.89. The van der Waals surface area contributed by atoms with Crippen LogP contribution in [0, 0.1) is 0 Å². The number of hydrogen-bond acceptors (Lipinski definition) is 4. The number of methoxy groups -OCH3 is 1. The average molecular weight is 363 g/mol. The fourth-order valence-electron chi connectivity index (χ4n) is 3.20. The lowest BCUT2D eigenvalue weighted by molar-refractivity contribution is -0.136. The predicted molar refractivity (Wildman–Crippen MR) is 106 cm³/mol. The van der Waals surface area contributed by atoms with E-state index >= 15 is 0 Å². The number of amides is 1. The molecule has 1 saturated heterocycles. The van der Waals surface area contributed by atoms with E-state index in [0.717, 1.165) is 43.9 Å². The first kappa shape index (κ1) is 20.7. The number of rotatable bonds is 11. The number of carbonyl (C=O) groups excluding carboxylic acids is 1. The molecule has 0 spiro atoms. The number of likely N-dealkylation sites (tertiary alicyclic amines) is 1. The highest BCUT2D eigenvalue weighted by Gasteiger charge is 2.32. The lowest BCUT2D eigenvalue weighted by Gasteiger charge is -2.26. The van der Waals surface area contributed by atoms with Gasteiger partial charge in [-0.05, 0) is 70.0 Å². The highest BCUT2D eigenvalue weighted by atomic mass is 16.5. The summed E-state index contributed by atoms with van der Waals surface area (Å²) in [5.74, 6) is 0.734. The Hall–Kier alpha value is -1.59. The van der Waals surface area contributed by atoms with E-state index in [4.69, 9.17) is 9.47 Å². The normalized spacial score (nSPS) is 17.0. The van der Waals surface area contributed by atoms with Gasteiger partial charge in [-0.3, -0.25) is 4.79 Å². The van der Waals surface area contributed by atoms with Crippen molar-refractivity contribution in [1.82, 2.24) is 4.90 Å². The molecule has 26 heavy (non-hydrogen) atoms. The van der Waals surface area contributed by atoms with E-state index < -0.39 is 5.60 Å². The van der Waals surface area contributed by atoms with Crippen molar-refractivity contribution in [3.8, 4) is 5.75 Å². The van der Waals surface area contributed by atoms with Crippen LogP contribution in [0.2, 0.25) is 0 Å². The largest absolute Gasteiger partial charge is 0.494 e. The maximum Gasteiger partial charge on any atom is 0.256 e. The van der Waals surface area contributed by atoms with Crippen molar-refractivity contribution >= 4 is 11.6 Å². The molecule has 0 aliphatic carbocycles. The third-order valence-electron chi connectivity index (χ3n) is 5.14. The van der Waals surface area contributed by atoms with E-state index in [1.54, 1.807) is 7.11 Å². The minimum atomic E-state index is -0.791. The molecule has 5 heteroatoms. The van der Waals surface area contributed by atoms with Crippen molar-refractivity contribution < 1.29 is 14.3 Å². The van der Waals surface area contributed by atoms with Crippen LogP contribution in [0.5, 0.6) is 5.75 Å². The molecule has 1 heterocycles. The van der Waals surface area contributed by atoms with Crippen molar-refractivity contribution in [3.63, 3.8) is 0 Å². The lowest BCUT2D eigenvalue weighted by atomic mass is 9.97. The highest BCUT2D eigenvalue weighted by Crippen LogP contribution is 2.22. The summed E-state index contributed by atoms with van der Waals surface area (Å²) in [5.41, 5.74) is -0.0278. The van der Waals surface area contributed by atoms with Gasteiger partial charge in [0.15, 0.2) is 0 Å². The Labute approximate surface area is 158 Å². The third kappa shape index (κ3) is 6.29. The van der Waals surface area contributed by atoms with Gasteiger partial charge in [0, 0.05) is 19.3 Å². The van der Waals surface area contributed by atoms with Crippen molar-refractivity contribution in [2.45, 2.75) is 58.0 Å². The molecule has 1 fully saturated rings. The maximum atomic E-state index is 12.5. The molecule has 1 atom stereocenters. The number of unbranched alkanes of at least 4 members (excludes halogenated alkanes) is 1. The molecule has 146 valence electrons. The van der Waals surface area contributed by atoms with Crippen LogP contribution in [0.15, 0.2) is 24.3 Å². The molecule has 1 aliphatic heterocycles. The van der Waals surface area contributed by atoms with Gasteiger partial charge in [0.05, 0.1) is 6.61 Å². The Morgan fingerprint density at radius 1 is 1.19 bits per heavy atom. The second-order valence-corrected chi connectivity index (χ2v) is 7.27. The number of anilines is 1. The number of hydrogen-bond donors (Lipinski definition) is 1. The molecule has 0 bridgehead atoms. The minimum absolute atomic E-state index is 0.104. The second-order valence-electron chi connectivity index (χ2n) is 7.27. The first-order valence-electron chi connectivity index (χ1n) is 9.89. The van der Waals surface area contributed by atoms with Crippen LogP contribution in [0.1, 0.15) is 52.4 Å². The number of benzene rings is 1. The van der Waals surface area contributed by atoms with Gasteiger partial charge in [0.25, 0.3) is 5.91 Å². The van der Waals surface area contributed by atoms with E-state index in [0.29, 0.717) is 6.42 Å². The monoisotopic (exact) mass is 362 g/mol. The van der Waals surface area contributed by atoms with Gasteiger partial charge in [-0.25, -0.2) is 0 Å². The molecule has 2 rings (SSSR count). The summed E-state index contributed by atoms with van der Waals surface area (Å²) in [6, 6.07) is 7.57. The summed E-state index contributed by atoms with van der Waals surface area (Å²) < 4.78 is 11.3. The van der Waals surface area contributed by atoms with Crippen molar-refractivity contribution in [1.29, 1.82) is 0 Å². The molecule has 1 aromatic rings. The standard InChI is InChI=1S/C21H34N2O3/c1-4-5-13-21(2,25-3)20(24)22-18-9-11-19(12-10-18)26-17-8-16-23-14-6-7-15-23/h9-12H,4-8,13-17H2,1-3H3,(H,22,24). The Balaban J connectivity index is 1.76. The number of nitrogens with one attached hydrogen (secondary N) is 1. The fraction of sp³-hybridized carbons (Fsp3) is 0.667. The van der Waals surface area contributed by atoms with Gasteiger partial charge in [0.1, 0.15) is 11.4 Å². The molecule has 1 aliphatic rings. The zero-order valence-electron chi connectivity index (χ0n) is 16.6. The molecular formula is C21H34N2O3. The van der Waals surface area contributed by atoms with E-state index in [-0.39, 0.29) is 5.91 Å². The van der Waals surface area contributed by atoms with Crippen LogP contribution in [-0.2, 0) is 9.53 Å². The van der Waals surface area contributed by atoms with E-state index in [1.807, 2.05) is 31.2 Å². The molecule has 1 amide bonds. The van der Waals surface area contributed by atoms with Gasteiger partial charge in [0.2, 0.25) is 0 Å². The van der Waals surface area contributed by atoms with Gasteiger partial charge < -0.3 is 19.7 Å². The van der Waals surface area contributed by atoms with Crippen LogP contribution in [0.4, 0.5) is 5.69 Å². The molecule has 1 N–H and O–H groups in total. The minimum Gasteiger partial charge on any atom is -0.494 e. The zero-order valence-corrected chi connectivity index (χ0v) is 16.6. The van der Waals surface area contributed by atoms with Crippen molar-refractivity contribution in [2.75, 3.05) is 38.7 Å². The number of carbonyl (C=O) groups is 1. The topological polar surface area (TPSA) is 50.8 Å². The quantitative estimate of drug-likeness (QED) is 0.603. The molecular weight excluding hydrogens is 328 g/mol.